The summed E-state index contributed by atoms with van der Waals surface area (Å²) in [6, 6.07) is 22.0. The number of halogens is 2. The van der Waals surface area contributed by atoms with Gasteiger partial charge in [0.15, 0.2) is 11.5 Å². The van der Waals surface area contributed by atoms with Gasteiger partial charge in [-0.25, -0.2) is 9.59 Å². The van der Waals surface area contributed by atoms with Crippen molar-refractivity contribution in [1.29, 1.82) is 0 Å². The molecule has 7 nitrogen and oxygen atoms in total. The molecule has 9 heteroatoms. The fourth-order valence-electron chi connectivity index (χ4n) is 4.43. The molecule has 0 amide bonds. The zero-order valence-corrected chi connectivity index (χ0v) is 27.1. The highest BCUT2D eigenvalue weighted by Gasteiger charge is 2.31. The molecule has 0 N–H and O–H groups in total. The van der Waals surface area contributed by atoms with Crippen LogP contribution in [0.3, 0.4) is 0 Å². The molecule has 0 aliphatic carbocycles. The van der Waals surface area contributed by atoms with Gasteiger partial charge in [-0.2, -0.15) is 0 Å². The van der Waals surface area contributed by atoms with Crippen LogP contribution in [-0.4, -0.2) is 30.4 Å². The Morgan fingerprint density at radius 3 is 2.27 bits per heavy atom. The van der Waals surface area contributed by atoms with Crippen LogP contribution in [0.4, 0.5) is 0 Å². The normalized spacial score (nSPS) is 13.1. The Kier molecular flexibility index (Phi) is 9.17. The first-order chi connectivity index (χ1) is 21.0. The van der Waals surface area contributed by atoms with Crippen LogP contribution in [0, 0.1) is 0 Å². The van der Waals surface area contributed by atoms with Gasteiger partial charge in [0.1, 0.15) is 28.4 Å². The molecule has 0 radical (unpaired) electrons. The SMILES string of the molecule is COc1cc2c(c(OC(=O)c3cccc(Br)c3)c1C(=O)C=Cc1ccc(C(=O)Oc3ccccc3)cc1Br)C=CC(C)(C)O2. The van der Waals surface area contributed by atoms with E-state index in [1.165, 1.54) is 13.2 Å². The maximum atomic E-state index is 13.8. The Labute approximate surface area is 271 Å². The number of carbonyl (C=O) groups excluding carboxylic acids is 3. The van der Waals surface area contributed by atoms with E-state index in [0.29, 0.717) is 42.7 Å². The number of para-hydroxylation sites is 1. The summed E-state index contributed by atoms with van der Waals surface area (Å²) in [4.78, 5) is 39.6. The molecule has 0 bridgehead atoms. The van der Waals surface area contributed by atoms with E-state index < -0.39 is 23.3 Å². The van der Waals surface area contributed by atoms with Crippen molar-refractivity contribution < 1.29 is 33.3 Å². The summed E-state index contributed by atoms with van der Waals surface area (Å²) in [6.07, 6.45) is 6.53. The standard InChI is InChI=1S/C35H26Br2O7/c1-35(2)17-16-26-29(44-35)20-30(41-3)31(32(26)43-34(40)22-8-7-9-24(36)18-22)28(38)15-14-21-12-13-23(19-27(21)37)33(39)42-25-10-5-4-6-11-25/h4-20H,1-3H3. The first kappa shape index (κ1) is 31.0. The fraction of sp³-hybridized carbons (Fsp3) is 0.114. The molecule has 4 aromatic carbocycles. The molecule has 4 aromatic rings. The van der Waals surface area contributed by atoms with Gasteiger partial charge in [0, 0.05) is 15.0 Å². The van der Waals surface area contributed by atoms with E-state index in [1.54, 1.807) is 84.9 Å². The summed E-state index contributed by atoms with van der Waals surface area (Å²) in [5.74, 6) is -0.603. The van der Waals surface area contributed by atoms with Gasteiger partial charge < -0.3 is 18.9 Å². The maximum absolute atomic E-state index is 13.8. The number of hydrogen-bond acceptors (Lipinski definition) is 7. The molecule has 0 aromatic heterocycles. The summed E-state index contributed by atoms with van der Waals surface area (Å²) >= 11 is 6.85. The van der Waals surface area contributed by atoms with E-state index in [4.69, 9.17) is 18.9 Å². The molecule has 5 rings (SSSR count). The van der Waals surface area contributed by atoms with Gasteiger partial charge in [-0.05, 0) is 86.2 Å². The van der Waals surface area contributed by atoms with Gasteiger partial charge in [0.2, 0.25) is 0 Å². The summed E-state index contributed by atoms with van der Waals surface area (Å²) in [7, 11) is 1.43. The van der Waals surface area contributed by atoms with Gasteiger partial charge in [0.25, 0.3) is 0 Å². The molecule has 1 aliphatic heterocycles. The van der Waals surface area contributed by atoms with E-state index in [0.717, 1.165) is 0 Å². The summed E-state index contributed by atoms with van der Waals surface area (Å²) in [6.45, 7) is 3.77. The van der Waals surface area contributed by atoms with E-state index in [9.17, 15) is 14.4 Å². The average molecular weight is 718 g/mol. The fourth-order valence-corrected chi connectivity index (χ4v) is 5.34. The van der Waals surface area contributed by atoms with E-state index in [1.807, 2.05) is 26.0 Å². The molecule has 0 spiro atoms. The minimum Gasteiger partial charge on any atom is -0.496 e. The van der Waals surface area contributed by atoms with Crippen LogP contribution in [-0.2, 0) is 0 Å². The lowest BCUT2D eigenvalue weighted by atomic mass is 9.96. The van der Waals surface area contributed by atoms with Crippen molar-refractivity contribution in [2.75, 3.05) is 7.11 Å². The largest absolute Gasteiger partial charge is 0.496 e. The van der Waals surface area contributed by atoms with Crippen LogP contribution in [0.15, 0.2) is 100.0 Å². The molecular weight excluding hydrogens is 692 g/mol. The second-order valence-corrected chi connectivity index (χ2v) is 12.0. The molecule has 0 saturated carbocycles. The molecular formula is C35H26Br2O7. The minimum absolute atomic E-state index is 0.0174. The highest BCUT2D eigenvalue weighted by molar-refractivity contribution is 9.10. The zero-order valence-electron chi connectivity index (χ0n) is 23.9. The number of ether oxygens (including phenoxy) is 4. The highest BCUT2D eigenvalue weighted by Crippen LogP contribution is 2.44. The van der Waals surface area contributed by atoms with Crippen molar-refractivity contribution in [1.82, 2.24) is 0 Å². The second-order valence-electron chi connectivity index (χ2n) is 10.3. The zero-order chi connectivity index (χ0) is 31.4. The van der Waals surface area contributed by atoms with Crippen molar-refractivity contribution in [3.8, 4) is 23.0 Å². The predicted octanol–water partition coefficient (Wildman–Crippen LogP) is 8.74. The number of carbonyl (C=O) groups is 3. The Hall–Kier alpha value is -4.47. The van der Waals surface area contributed by atoms with Gasteiger partial charge in [0.05, 0.1) is 23.8 Å². The lowest BCUT2D eigenvalue weighted by molar-refractivity contribution is 0.0722. The molecule has 44 heavy (non-hydrogen) atoms. The molecule has 0 unspecified atom stereocenters. The van der Waals surface area contributed by atoms with Crippen LogP contribution in [0.2, 0.25) is 0 Å². The topological polar surface area (TPSA) is 88.1 Å². The first-order valence-electron chi connectivity index (χ1n) is 13.4. The summed E-state index contributed by atoms with van der Waals surface area (Å²) in [5, 5.41) is 0. The van der Waals surface area contributed by atoms with Crippen molar-refractivity contribution in [3.05, 3.63) is 128 Å². The average Bonchev–Trinajstić information content (AvgIpc) is 2.99. The van der Waals surface area contributed by atoms with E-state index >= 15 is 0 Å². The second kappa shape index (κ2) is 13.0. The highest BCUT2D eigenvalue weighted by atomic mass is 79.9. The quantitative estimate of drug-likeness (QED) is 0.0780. The van der Waals surface area contributed by atoms with Crippen LogP contribution in [0.1, 0.15) is 56.0 Å². The third-order valence-electron chi connectivity index (χ3n) is 6.60. The Balaban J connectivity index is 1.48. The molecule has 222 valence electrons. The van der Waals surface area contributed by atoms with Crippen LogP contribution in [0.25, 0.3) is 12.2 Å². The summed E-state index contributed by atoms with van der Waals surface area (Å²) < 4.78 is 24.3. The minimum atomic E-state index is -0.654. The van der Waals surface area contributed by atoms with Gasteiger partial charge in [-0.1, -0.05) is 62.2 Å². The number of allylic oxidation sites excluding steroid dienone is 1. The number of ketones is 1. The first-order valence-corrected chi connectivity index (χ1v) is 15.0. The van der Waals surface area contributed by atoms with Gasteiger partial charge in [-0.3, -0.25) is 4.79 Å². The van der Waals surface area contributed by atoms with Crippen molar-refractivity contribution in [2.45, 2.75) is 19.4 Å². The number of methoxy groups -OCH3 is 1. The van der Waals surface area contributed by atoms with Crippen LogP contribution < -0.4 is 18.9 Å². The number of esters is 2. The van der Waals surface area contributed by atoms with Crippen LogP contribution >= 0.6 is 31.9 Å². The van der Waals surface area contributed by atoms with Crippen molar-refractivity contribution >= 4 is 61.7 Å². The Morgan fingerprint density at radius 1 is 0.841 bits per heavy atom. The van der Waals surface area contributed by atoms with E-state index in [-0.39, 0.29) is 17.1 Å². The summed E-state index contributed by atoms with van der Waals surface area (Å²) in [5.41, 5.74) is 1.12. The molecule has 1 aliphatic rings. The smallest absolute Gasteiger partial charge is 0.343 e. The lowest BCUT2D eigenvalue weighted by Crippen LogP contribution is -2.28. The van der Waals surface area contributed by atoms with Crippen molar-refractivity contribution in [2.24, 2.45) is 0 Å². The molecule has 1 heterocycles. The van der Waals surface area contributed by atoms with Gasteiger partial charge >= 0.3 is 11.9 Å². The molecule has 0 atom stereocenters. The molecule has 0 saturated heterocycles. The molecule has 0 fully saturated rings. The maximum Gasteiger partial charge on any atom is 0.343 e. The third kappa shape index (κ3) is 7.01. The predicted molar refractivity (Wildman–Crippen MR) is 175 cm³/mol. The monoisotopic (exact) mass is 716 g/mol. The lowest BCUT2D eigenvalue weighted by Gasteiger charge is -2.29. The van der Waals surface area contributed by atoms with Gasteiger partial charge in [-0.15, -0.1) is 0 Å². The Bertz CT molecular complexity index is 1820. The van der Waals surface area contributed by atoms with Crippen molar-refractivity contribution in [3.63, 3.8) is 0 Å². The number of benzene rings is 4. The number of rotatable bonds is 8. The van der Waals surface area contributed by atoms with E-state index in [2.05, 4.69) is 31.9 Å². The third-order valence-corrected chi connectivity index (χ3v) is 7.78. The Morgan fingerprint density at radius 2 is 1.57 bits per heavy atom. The number of hydrogen-bond donors (Lipinski definition) is 0. The number of fused-ring (bicyclic) bond motifs is 1. The van der Waals surface area contributed by atoms with Crippen LogP contribution in [0.5, 0.6) is 23.0 Å².